The van der Waals surface area contributed by atoms with Gasteiger partial charge in [0, 0.05) is 6.07 Å². The highest BCUT2D eigenvalue weighted by Crippen LogP contribution is 2.22. The third-order valence-electron chi connectivity index (χ3n) is 1.84. The molecule has 0 saturated carbocycles. The lowest BCUT2D eigenvalue weighted by Crippen LogP contribution is -2.04. The predicted molar refractivity (Wildman–Crippen MR) is 55.9 cm³/mol. The number of nitrogens with two attached hydrogens (primary N) is 1. The standard InChI is InChI=1S/C10H7FN2O4/c11-8-5-7(10(14)15)9(13(16)17)4-6(8)2-1-3-12/h4-5H,3,12H2,(H,14,15). The number of nitro benzene ring substituents is 1. The fraction of sp³-hybridized carbons (Fsp3) is 0.100. The summed E-state index contributed by atoms with van der Waals surface area (Å²) in [6.07, 6.45) is 0. The van der Waals surface area contributed by atoms with Crippen LogP contribution in [0.5, 0.6) is 0 Å². The molecule has 0 amide bonds. The van der Waals surface area contributed by atoms with Gasteiger partial charge in [-0.15, -0.1) is 0 Å². The minimum Gasteiger partial charge on any atom is -0.477 e. The Bertz CT molecular complexity index is 545. The lowest BCUT2D eigenvalue weighted by molar-refractivity contribution is -0.385. The van der Waals surface area contributed by atoms with Crippen LogP contribution in [0.4, 0.5) is 10.1 Å². The van der Waals surface area contributed by atoms with E-state index in [0.717, 1.165) is 6.07 Å². The molecule has 6 nitrogen and oxygen atoms in total. The number of carboxylic acids is 1. The van der Waals surface area contributed by atoms with Crippen molar-refractivity contribution in [2.24, 2.45) is 5.73 Å². The summed E-state index contributed by atoms with van der Waals surface area (Å²) in [5.74, 6) is 2.10. The number of halogens is 1. The fourth-order valence-electron chi connectivity index (χ4n) is 1.13. The first-order valence-electron chi connectivity index (χ1n) is 4.37. The summed E-state index contributed by atoms with van der Waals surface area (Å²) in [6, 6.07) is 1.35. The molecule has 0 atom stereocenters. The molecule has 17 heavy (non-hydrogen) atoms. The van der Waals surface area contributed by atoms with Gasteiger partial charge in [0.05, 0.1) is 17.0 Å². The Morgan fingerprint density at radius 2 is 2.24 bits per heavy atom. The number of hydrogen-bond acceptors (Lipinski definition) is 4. The molecule has 0 aliphatic rings. The van der Waals surface area contributed by atoms with Gasteiger partial charge in [-0.25, -0.2) is 9.18 Å². The monoisotopic (exact) mass is 238 g/mol. The van der Waals surface area contributed by atoms with Crippen molar-refractivity contribution in [1.82, 2.24) is 0 Å². The maximum atomic E-state index is 13.3. The van der Waals surface area contributed by atoms with Gasteiger partial charge in [0.15, 0.2) is 0 Å². The molecule has 0 aromatic heterocycles. The zero-order chi connectivity index (χ0) is 13.0. The van der Waals surface area contributed by atoms with Gasteiger partial charge >= 0.3 is 5.97 Å². The lowest BCUT2D eigenvalue weighted by Gasteiger charge is -2.00. The number of hydrogen-bond donors (Lipinski definition) is 2. The first kappa shape index (κ1) is 12.6. The Kier molecular flexibility index (Phi) is 3.74. The van der Waals surface area contributed by atoms with Crippen LogP contribution in [-0.4, -0.2) is 22.5 Å². The molecule has 0 heterocycles. The van der Waals surface area contributed by atoms with Crippen molar-refractivity contribution < 1.29 is 19.2 Å². The van der Waals surface area contributed by atoms with Crippen molar-refractivity contribution in [2.75, 3.05) is 6.54 Å². The molecule has 0 unspecified atom stereocenters. The van der Waals surface area contributed by atoms with Gasteiger partial charge in [-0.05, 0) is 6.07 Å². The zero-order valence-electron chi connectivity index (χ0n) is 8.44. The van der Waals surface area contributed by atoms with E-state index in [4.69, 9.17) is 10.8 Å². The molecule has 0 aliphatic heterocycles. The highest BCUT2D eigenvalue weighted by atomic mass is 19.1. The van der Waals surface area contributed by atoms with Gasteiger partial charge in [-0.2, -0.15) is 0 Å². The number of aromatic carboxylic acids is 1. The maximum Gasteiger partial charge on any atom is 0.342 e. The number of carboxylic acid groups (broad SMARTS) is 1. The van der Waals surface area contributed by atoms with E-state index in [9.17, 15) is 19.3 Å². The van der Waals surface area contributed by atoms with E-state index in [1.807, 2.05) is 0 Å². The Morgan fingerprint density at radius 1 is 1.59 bits per heavy atom. The van der Waals surface area contributed by atoms with E-state index in [1.54, 1.807) is 0 Å². The van der Waals surface area contributed by atoms with Crippen LogP contribution in [0.2, 0.25) is 0 Å². The highest BCUT2D eigenvalue weighted by molar-refractivity contribution is 5.92. The minimum absolute atomic E-state index is 0.0338. The Morgan fingerprint density at radius 3 is 2.71 bits per heavy atom. The molecule has 0 fully saturated rings. The molecule has 1 rings (SSSR count). The number of nitro groups is 1. The van der Waals surface area contributed by atoms with Crippen molar-refractivity contribution >= 4 is 11.7 Å². The summed E-state index contributed by atoms with van der Waals surface area (Å²) < 4.78 is 13.3. The zero-order valence-corrected chi connectivity index (χ0v) is 8.44. The van der Waals surface area contributed by atoms with Crippen LogP contribution in [0.3, 0.4) is 0 Å². The van der Waals surface area contributed by atoms with Crippen molar-refractivity contribution in [3.63, 3.8) is 0 Å². The summed E-state index contributed by atoms with van der Waals surface area (Å²) in [5.41, 5.74) is 3.40. The van der Waals surface area contributed by atoms with Gasteiger partial charge < -0.3 is 10.8 Å². The number of rotatable bonds is 2. The molecule has 0 radical (unpaired) electrons. The van der Waals surface area contributed by atoms with Crippen molar-refractivity contribution in [2.45, 2.75) is 0 Å². The second kappa shape index (κ2) is 5.05. The molecule has 7 heteroatoms. The molecular formula is C10H7FN2O4. The Labute approximate surface area is 95.0 Å². The summed E-state index contributed by atoms with van der Waals surface area (Å²) in [4.78, 5) is 20.4. The van der Waals surface area contributed by atoms with Gasteiger partial charge in [0.2, 0.25) is 0 Å². The van der Waals surface area contributed by atoms with Crippen LogP contribution >= 0.6 is 0 Å². The van der Waals surface area contributed by atoms with Gasteiger partial charge in [0.25, 0.3) is 5.69 Å². The van der Waals surface area contributed by atoms with Crippen LogP contribution in [-0.2, 0) is 0 Å². The number of nitrogens with zero attached hydrogens (tertiary/aromatic N) is 1. The van der Waals surface area contributed by atoms with Gasteiger partial charge in [-0.1, -0.05) is 11.8 Å². The van der Waals surface area contributed by atoms with Crippen LogP contribution in [0.15, 0.2) is 12.1 Å². The quantitative estimate of drug-likeness (QED) is 0.449. The Balaban J connectivity index is 3.45. The first-order chi connectivity index (χ1) is 7.97. The Hall–Kier alpha value is -2.46. The average Bonchev–Trinajstić information content (AvgIpc) is 2.26. The van der Waals surface area contributed by atoms with Crippen molar-refractivity contribution in [3.05, 3.63) is 39.2 Å². The summed E-state index contributed by atoms with van der Waals surface area (Å²) >= 11 is 0. The molecule has 0 spiro atoms. The van der Waals surface area contributed by atoms with Crippen LogP contribution in [0, 0.1) is 27.8 Å². The molecule has 0 bridgehead atoms. The average molecular weight is 238 g/mol. The SMILES string of the molecule is NCC#Cc1cc([N+](=O)[O-])c(C(=O)O)cc1F. The smallest absolute Gasteiger partial charge is 0.342 e. The van der Waals surface area contributed by atoms with Gasteiger partial charge in [-0.3, -0.25) is 10.1 Å². The molecule has 0 saturated heterocycles. The van der Waals surface area contributed by atoms with E-state index in [-0.39, 0.29) is 12.1 Å². The van der Waals surface area contributed by atoms with Crippen LogP contribution < -0.4 is 5.73 Å². The van der Waals surface area contributed by atoms with E-state index in [1.165, 1.54) is 0 Å². The topological polar surface area (TPSA) is 106 Å². The van der Waals surface area contributed by atoms with Crippen LogP contribution in [0.25, 0.3) is 0 Å². The fourth-order valence-corrected chi connectivity index (χ4v) is 1.13. The van der Waals surface area contributed by atoms with Crippen molar-refractivity contribution in [1.29, 1.82) is 0 Å². The second-order valence-corrected chi connectivity index (χ2v) is 2.92. The van der Waals surface area contributed by atoms with Gasteiger partial charge in [0.1, 0.15) is 11.4 Å². The third kappa shape index (κ3) is 2.76. The van der Waals surface area contributed by atoms with E-state index < -0.39 is 28.0 Å². The molecule has 1 aromatic rings. The number of benzene rings is 1. The molecule has 0 aliphatic carbocycles. The molecule has 1 aromatic carbocycles. The van der Waals surface area contributed by atoms with Crippen molar-refractivity contribution in [3.8, 4) is 11.8 Å². The normalized spacial score (nSPS) is 9.29. The predicted octanol–water partition coefficient (Wildman–Crippen LogP) is 0.742. The second-order valence-electron chi connectivity index (χ2n) is 2.92. The lowest BCUT2D eigenvalue weighted by atomic mass is 10.1. The van der Waals surface area contributed by atoms with E-state index >= 15 is 0 Å². The van der Waals surface area contributed by atoms with Crippen LogP contribution in [0.1, 0.15) is 15.9 Å². The summed E-state index contributed by atoms with van der Waals surface area (Å²) in [6.45, 7) is -0.0338. The molecule has 88 valence electrons. The summed E-state index contributed by atoms with van der Waals surface area (Å²) in [7, 11) is 0. The third-order valence-corrected chi connectivity index (χ3v) is 1.84. The highest BCUT2D eigenvalue weighted by Gasteiger charge is 2.22. The molecule has 3 N–H and O–H groups in total. The number of carbonyl (C=O) groups is 1. The van der Waals surface area contributed by atoms with E-state index in [2.05, 4.69) is 11.8 Å². The molecular weight excluding hydrogens is 231 g/mol. The largest absolute Gasteiger partial charge is 0.477 e. The summed E-state index contributed by atoms with van der Waals surface area (Å²) in [5, 5.41) is 19.3. The maximum absolute atomic E-state index is 13.3. The minimum atomic E-state index is -1.58. The first-order valence-corrected chi connectivity index (χ1v) is 4.37. The van der Waals surface area contributed by atoms with E-state index in [0.29, 0.717) is 6.07 Å².